The lowest BCUT2D eigenvalue weighted by molar-refractivity contribution is 0.444. The second kappa shape index (κ2) is 6.16. The van der Waals surface area contributed by atoms with Gasteiger partial charge in [0.25, 0.3) is 0 Å². The maximum atomic E-state index is 4.93. The van der Waals surface area contributed by atoms with E-state index in [4.69, 9.17) is 4.98 Å². The molecular weight excluding hydrogens is 278 g/mol. The van der Waals surface area contributed by atoms with Gasteiger partial charge in [0.05, 0.1) is 11.2 Å². The molecule has 0 N–H and O–H groups in total. The third-order valence-corrected chi connectivity index (χ3v) is 5.15. The average Bonchev–Trinajstić information content (AvgIpc) is 2.62. The Balaban J connectivity index is 1.76. The molecule has 3 aromatic rings. The van der Waals surface area contributed by atoms with Crippen molar-refractivity contribution in [1.29, 1.82) is 0 Å². The van der Waals surface area contributed by atoms with E-state index in [1.54, 1.807) is 0 Å². The number of aromatic nitrogens is 1. The summed E-state index contributed by atoms with van der Waals surface area (Å²) in [5, 5.41) is 1.28. The molecule has 1 aliphatic carbocycles. The van der Waals surface area contributed by atoms with Crippen molar-refractivity contribution >= 4 is 10.9 Å². The highest BCUT2D eigenvalue weighted by atomic mass is 14.7. The van der Waals surface area contributed by atoms with Crippen molar-refractivity contribution in [2.75, 3.05) is 0 Å². The van der Waals surface area contributed by atoms with Crippen LogP contribution in [0, 0.1) is 6.92 Å². The Bertz CT molecular complexity index is 814. The van der Waals surface area contributed by atoms with Crippen LogP contribution in [-0.2, 0) is 0 Å². The van der Waals surface area contributed by atoms with Crippen molar-refractivity contribution in [1.82, 2.24) is 4.98 Å². The monoisotopic (exact) mass is 301 g/mol. The molecule has 0 atom stereocenters. The zero-order chi connectivity index (χ0) is 15.6. The fraction of sp³-hybridized carbons (Fsp3) is 0.318. The van der Waals surface area contributed by atoms with Crippen molar-refractivity contribution < 1.29 is 0 Å². The van der Waals surface area contributed by atoms with Gasteiger partial charge in [-0.2, -0.15) is 0 Å². The minimum absolute atomic E-state index is 0.752. The molecule has 0 aliphatic heterocycles. The Morgan fingerprint density at radius 3 is 2.43 bits per heavy atom. The van der Waals surface area contributed by atoms with Crippen LogP contribution < -0.4 is 0 Å². The number of nitrogens with zero attached hydrogens (tertiary/aromatic N) is 1. The molecule has 0 amide bonds. The number of fused-ring (bicyclic) bond motifs is 1. The van der Waals surface area contributed by atoms with E-state index in [1.165, 1.54) is 54.2 Å². The molecule has 4 rings (SSSR count). The highest BCUT2D eigenvalue weighted by Gasteiger charge is 2.16. The summed E-state index contributed by atoms with van der Waals surface area (Å²) in [6, 6.07) is 19.7. The summed E-state index contributed by atoms with van der Waals surface area (Å²) in [7, 11) is 0. The molecule has 2 aromatic carbocycles. The van der Waals surface area contributed by atoms with Gasteiger partial charge in [0.1, 0.15) is 0 Å². The van der Waals surface area contributed by atoms with E-state index in [1.807, 2.05) is 0 Å². The Morgan fingerprint density at radius 1 is 0.870 bits per heavy atom. The smallest absolute Gasteiger partial charge is 0.0738 e. The quantitative estimate of drug-likeness (QED) is 0.544. The minimum atomic E-state index is 0.752. The lowest BCUT2D eigenvalue weighted by atomic mass is 9.83. The molecule has 23 heavy (non-hydrogen) atoms. The van der Waals surface area contributed by atoms with Gasteiger partial charge in [-0.25, -0.2) is 4.98 Å². The highest BCUT2D eigenvalue weighted by molar-refractivity contribution is 5.84. The van der Waals surface area contributed by atoms with E-state index in [0.29, 0.717) is 0 Å². The predicted molar refractivity (Wildman–Crippen MR) is 97.7 cm³/mol. The molecule has 1 saturated carbocycles. The van der Waals surface area contributed by atoms with Crippen LogP contribution >= 0.6 is 0 Å². The first-order valence-corrected chi connectivity index (χ1v) is 8.78. The SMILES string of the molecule is Cc1cc2cc(C3CCCCC3)ccc2nc1-c1ccccc1. The molecule has 0 saturated heterocycles. The van der Waals surface area contributed by atoms with Crippen molar-refractivity contribution in [2.45, 2.75) is 44.9 Å². The molecule has 1 aliphatic rings. The van der Waals surface area contributed by atoms with Crippen molar-refractivity contribution in [3.05, 3.63) is 65.7 Å². The van der Waals surface area contributed by atoms with Gasteiger partial charge in [-0.1, -0.05) is 55.7 Å². The topological polar surface area (TPSA) is 12.9 Å². The fourth-order valence-electron chi connectivity index (χ4n) is 3.88. The maximum Gasteiger partial charge on any atom is 0.0738 e. The number of rotatable bonds is 2. The zero-order valence-corrected chi connectivity index (χ0v) is 13.8. The van der Waals surface area contributed by atoms with E-state index in [-0.39, 0.29) is 0 Å². The van der Waals surface area contributed by atoms with Crippen molar-refractivity contribution in [3.63, 3.8) is 0 Å². The van der Waals surface area contributed by atoms with Crippen LogP contribution in [0.4, 0.5) is 0 Å². The third-order valence-electron chi connectivity index (χ3n) is 5.15. The van der Waals surface area contributed by atoms with Gasteiger partial charge >= 0.3 is 0 Å². The number of hydrogen-bond acceptors (Lipinski definition) is 1. The molecule has 0 radical (unpaired) electrons. The van der Waals surface area contributed by atoms with Gasteiger partial charge in [0.2, 0.25) is 0 Å². The van der Waals surface area contributed by atoms with Gasteiger partial charge in [0, 0.05) is 10.9 Å². The summed E-state index contributed by atoms with van der Waals surface area (Å²) in [5.41, 5.74) is 6.16. The standard InChI is InChI=1S/C22H23N/c1-16-14-20-15-19(17-8-4-2-5-9-17)12-13-21(20)23-22(16)18-10-6-3-7-11-18/h3,6-7,10-15,17H,2,4-5,8-9H2,1H3. The second-order valence-corrected chi connectivity index (χ2v) is 6.81. The number of hydrogen-bond donors (Lipinski definition) is 0. The second-order valence-electron chi connectivity index (χ2n) is 6.81. The van der Waals surface area contributed by atoms with Gasteiger partial charge in [-0.15, -0.1) is 0 Å². The molecule has 1 fully saturated rings. The first-order chi connectivity index (χ1) is 11.3. The highest BCUT2D eigenvalue weighted by Crippen LogP contribution is 2.34. The van der Waals surface area contributed by atoms with Crippen LogP contribution in [0.3, 0.4) is 0 Å². The van der Waals surface area contributed by atoms with E-state index >= 15 is 0 Å². The van der Waals surface area contributed by atoms with Crippen molar-refractivity contribution in [3.8, 4) is 11.3 Å². The fourth-order valence-corrected chi connectivity index (χ4v) is 3.88. The van der Waals surface area contributed by atoms with Gasteiger partial charge < -0.3 is 0 Å². The predicted octanol–water partition coefficient (Wildman–Crippen LogP) is 6.26. The summed E-state index contributed by atoms with van der Waals surface area (Å²) >= 11 is 0. The maximum absolute atomic E-state index is 4.93. The summed E-state index contributed by atoms with van der Waals surface area (Å²) in [6.45, 7) is 2.17. The van der Waals surface area contributed by atoms with Crippen molar-refractivity contribution in [2.24, 2.45) is 0 Å². The first-order valence-electron chi connectivity index (χ1n) is 8.78. The van der Waals surface area contributed by atoms with Crippen LogP contribution in [0.5, 0.6) is 0 Å². The largest absolute Gasteiger partial charge is 0.248 e. The molecule has 116 valence electrons. The Kier molecular flexibility index (Phi) is 3.87. The lowest BCUT2D eigenvalue weighted by Gasteiger charge is -2.22. The minimum Gasteiger partial charge on any atom is -0.248 e. The van der Waals surface area contributed by atoms with Crippen LogP contribution in [0.25, 0.3) is 22.2 Å². The Morgan fingerprint density at radius 2 is 1.65 bits per heavy atom. The first kappa shape index (κ1) is 14.4. The van der Waals surface area contributed by atoms with Crippen LogP contribution in [0.1, 0.15) is 49.1 Å². The average molecular weight is 301 g/mol. The summed E-state index contributed by atoms with van der Waals surface area (Å²) in [4.78, 5) is 4.93. The molecule has 1 aromatic heterocycles. The van der Waals surface area contributed by atoms with Crippen LogP contribution in [0.2, 0.25) is 0 Å². The molecule has 1 heteroatoms. The van der Waals surface area contributed by atoms with E-state index in [9.17, 15) is 0 Å². The molecule has 0 bridgehead atoms. The molecular formula is C22H23N. The molecule has 0 spiro atoms. The molecule has 0 unspecified atom stereocenters. The summed E-state index contributed by atoms with van der Waals surface area (Å²) < 4.78 is 0. The number of benzene rings is 2. The summed E-state index contributed by atoms with van der Waals surface area (Å²) in [5.74, 6) is 0.752. The van der Waals surface area contributed by atoms with Gasteiger partial charge in [0.15, 0.2) is 0 Å². The normalized spacial score (nSPS) is 15.9. The van der Waals surface area contributed by atoms with Gasteiger partial charge in [-0.3, -0.25) is 0 Å². The molecule has 1 heterocycles. The Labute approximate surface area is 138 Å². The molecule has 1 nitrogen and oxygen atoms in total. The van der Waals surface area contributed by atoms with E-state index < -0.39 is 0 Å². The zero-order valence-electron chi connectivity index (χ0n) is 13.8. The van der Waals surface area contributed by atoms with Gasteiger partial charge in [-0.05, 0) is 55.0 Å². The number of pyridine rings is 1. The van der Waals surface area contributed by atoms with Crippen LogP contribution in [-0.4, -0.2) is 4.98 Å². The lowest BCUT2D eigenvalue weighted by Crippen LogP contribution is -2.04. The van der Waals surface area contributed by atoms with E-state index in [0.717, 1.165) is 17.1 Å². The number of aryl methyl sites for hydroxylation is 1. The summed E-state index contributed by atoms with van der Waals surface area (Å²) in [6.07, 6.45) is 6.87. The van der Waals surface area contributed by atoms with E-state index in [2.05, 4.69) is 61.5 Å². The third kappa shape index (κ3) is 2.88. The van der Waals surface area contributed by atoms with Crippen LogP contribution in [0.15, 0.2) is 54.6 Å². The Hall–Kier alpha value is -2.15.